The number of carbonyl (C=O) groups excluding carboxylic acids is 1. The van der Waals surface area contributed by atoms with Gasteiger partial charge in [-0.1, -0.05) is 11.1 Å². The smallest absolute Gasteiger partial charge is 0.243 e. The fraction of sp³-hybridized carbons (Fsp3) is 0.471. The van der Waals surface area contributed by atoms with Crippen LogP contribution in [0.4, 0.5) is 5.69 Å². The van der Waals surface area contributed by atoms with Gasteiger partial charge in [-0.3, -0.25) is 4.79 Å². The highest BCUT2D eigenvalue weighted by atomic mass is 32.2. The summed E-state index contributed by atoms with van der Waals surface area (Å²) in [5.74, 6) is 0.438. The second kappa shape index (κ2) is 5.60. The van der Waals surface area contributed by atoms with Gasteiger partial charge in [-0.2, -0.15) is 4.31 Å². The van der Waals surface area contributed by atoms with Crippen molar-refractivity contribution in [2.24, 2.45) is 0 Å². The number of fused-ring (bicyclic) bond motifs is 1. The third-order valence-electron chi connectivity index (χ3n) is 5.00. The van der Waals surface area contributed by atoms with E-state index in [1.54, 1.807) is 27.4 Å². The van der Waals surface area contributed by atoms with E-state index in [1.165, 1.54) is 18.1 Å². The number of nitrogens with zero attached hydrogens (tertiary/aromatic N) is 2. The summed E-state index contributed by atoms with van der Waals surface area (Å²) in [4.78, 5) is 13.6. The number of hydrogen-bond donors (Lipinski definition) is 0. The van der Waals surface area contributed by atoms with Gasteiger partial charge in [0, 0.05) is 20.0 Å². The van der Waals surface area contributed by atoms with Crippen LogP contribution >= 0.6 is 0 Å². The maximum atomic E-state index is 13.0. The van der Waals surface area contributed by atoms with E-state index in [1.807, 2.05) is 0 Å². The lowest BCUT2D eigenvalue weighted by atomic mass is 10.2. The molecule has 0 atom stereocenters. The summed E-state index contributed by atoms with van der Waals surface area (Å²) in [6.07, 6.45) is 3.16. The summed E-state index contributed by atoms with van der Waals surface area (Å²) in [5, 5.41) is 0. The van der Waals surface area contributed by atoms with E-state index < -0.39 is 10.0 Å². The van der Waals surface area contributed by atoms with Crippen LogP contribution in [-0.4, -0.2) is 44.9 Å². The third kappa shape index (κ3) is 2.43. The maximum Gasteiger partial charge on any atom is 0.243 e. The van der Waals surface area contributed by atoms with Crippen LogP contribution < -0.4 is 9.64 Å². The van der Waals surface area contributed by atoms with E-state index in [0.717, 1.165) is 19.3 Å². The van der Waals surface area contributed by atoms with Crippen LogP contribution in [-0.2, 0) is 14.8 Å². The van der Waals surface area contributed by atoms with Gasteiger partial charge in [-0.25, -0.2) is 8.42 Å². The van der Waals surface area contributed by atoms with E-state index in [2.05, 4.69) is 0 Å². The lowest BCUT2D eigenvalue weighted by Gasteiger charge is -2.29. The summed E-state index contributed by atoms with van der Waals surface area (Å²) < 4.78 is 33.1. The molecule has 1 amide bonds. The largest absolute Gasteiger partial charge is 0.490 e. The monoisotopic (exact) mass is 348 g/mol. The quantitative estimate of drug-likeness (QED) is 0.766. The average molecular weight is 348 g/mol. The van der Waals surface area contributed by atoms with Gasteiger partial charge >= 0.3 is 0 Å². The highest BCUT2D eigenvalue weighted by molar-refractivity contribution is 7.89. The zero-order valence-electron chi connectivity index (χ0n) is 13.6. The minimum atomic E-state index is -3.57. The molecule has 0 radical (unpaired) electrons. The molecule has 0 saturated heterocycles. The maximum absolute atomic E-state index is 13.0. The summed E-state index contributed by atoms with van der Waals surface area (Å²) >= 11 is 0. The Morgan fingerprint density at radius 1 is 1.17 bits per heavy atom. The first kappa shape index (κ1) is 15.7. The summed E-state index contributed by atoms with van der Waals surface area (Å²) in [7, 11) is -3.57. The molecule has 7 heteroatoms. The first-order valence-corrected chi connectivity index (χ1v) is 9.66. The van der Waals surface area contributed by atoms with Crippen molar-refractivity contribution in [3.8, 4) is 5.75 Å². The number of carbonyl (C=O) groups is 1. The van der Waals surface area contributed by atoms with Crippen molar-refractivity contribution in [3.05, 3.63) is 29.3 Å². The van der Waals surface area contributed by atoms with E-state index in [-0.39, 0.29) is 10.8 Å². The van der Waals surface area contributed by atoms with Crippen LogP contribution in [0.1, 0.15) is 26.2 Å². The Labute approximate surface area is 141 Å². The Morgan fingerprint density at radius 2 is 1.88 bits per heavy atom. The third-order valence-corrected chi connectivity index (χ3v) is 6.79. The molecule has 24 heavy (non-hydrogen) atoms. The Balaban J connectivity index is 1.67. The van der Waals surface area contributed by atoms with Gasteiger partial charge in [-0.15, -0.1) is 0 Å². The molecule has 0 aromatic heterocycles. The lowest BCUT2D eigenvalue weighted by Crippen LogP contribution is -2.36. The Kier molecular flexibility index (Phi) is 3.65. The van der Waals surface area contributed by atoms with Gasteiger partial charge in [0.15, 0.2) is 0 Å². The predicted octanol–water partition coefficient (Wildman–Crippen LogP) is 1.92. The first-order chi connectivity index (χ1) is 11.5. The van der Waals surface area contributed by atoms with Gasteiger partial charge in [0.2, 0.25) is 15.9 Å². The van der Waals surface area contributed by atoms with Gasteiger partial charge in [0.05, 0.1) is 17.1 Å². The number of benzene rings is 1. The Morgan fingerprint density at radius 3 is 2.54 bits per heavy atom. The fourth-order valence-corrected chi connectivity index (χ4v) is 5.19. The summed E-state index contributed by atoms with van der Waals surface area (Å²) in [6.45, 7) is 3.33. The van der Waals surface area contributed by atoms with E-state index in [9.17, 15) is 13.2 Å². The number of hydrogen-bond acceptors (Lipinski definition) is 4. The number of anilines is 1. The zero-order valence-corrected chi connectivity index (χ0v) is 14.4. The molecular formula is C17H20N2O4S. The molecule has 6 nitrogen and oxygen atoms in total. The lowest BCUT2D eigenvalue weighted by molar-refractivity contribution is -0.116. The van der Waals surface area contributed by atoms with Crippen LogP contribution in [0.2, 0.25) is 0 Å². The highest BCUT2D eigenvalue weighted by Gasteiger charge is 2.34. The molecular weight excluding hydrogens is 328 g/mol. The molecule has 128 valence electrons. The number of ether oxygens (including phenoxy) is 1. The second-order valence-electron chi connectivity index (χ2n) is 6.48. The van der Waals surface area contributed by atoms with Crippen LogP contribution in [0.25, 0.3) is 0 Å². The molecule has 1 aliphatic carbocycles. The summed E-state index contributed by atoms with van der Waals surface area (Å²) in [5.41, 5.74) is 3.10. The number of amides is 1. The van der Waals surface area contributed by atoms with Crippen LogP contribution in [0.15, 0.2) is 34.2 Å². The fourth-order valence-electron chi connectivity index (χ4n) is 3.74. The highest BCUT2D eigenvalue weighted by Crippen LogP contribution is 2.38. The van der Waals surface area contributed by atoms with Gasteiger partial charge in [0.1, 0.15) is 12.4 Å². The van der Waals surface area contributed by atoms with Gasteiger partial charge in [-0.05, 0) is 37.5 Å². The first-order valence-electron chi connectivity index (χ1n) is 8.22. The molecule has 0 bridgehead atoms. The molecule has 0 N–H and O–H groups in total. The summed E-state index contributed by atoms with van der Waals surface area (Å²) in [6, 6.07) is 4.78. The standard InChI is InChI=1S/C17H20N2O4S/c1-12(20)19-7-8-23-17-6-5-15(9-16(17)19)24(21,22)18-10-13-3-2-4-14(13)11-18/h5-6,9H,2-4,7-8,10-11H2,1H3. The van der Waals surface area contributed by atoms with E-state index >= 15 is 0 Å². The van der Waals surface area contributed by atoms with Crippen molar-refractivity contribution in [2.45, 2.75) is 31.1 Å². The Hall–Kier alpha value is -1.86. The molecule has 0 saturated carbocycles. The molecule has 0 fully saturated rings. The van der Waals surface area contributed by atoms with Crippen molar-refractivity contribution in [1.82, 2.24) is 4.31 Å². The SMILES string of the molecule is CC(=O)N1CCOc2ccc(S(=O)(=O)N3CC4=C(CCC4)C3)cc21. The van der Waals surface area contributed by atoms with Crippen LogP contribution in [0, 0.1) is 0 Å². The van der Waals surface area contributed by atoms with E-state index in [4.69, 9.17) is 4.74 Å². The number of sulfonamides is 1. The average Bonchev–Trinajstić information content (AvgIpc) is 3.15. The van der Waals surface area contributed by atoms with Gasteiger partial charge < -0.3 is 9.64 Å². The number of rotatable bonds is 2. The topological polar surface area (TPSA) is 66.9 Å². The normalized spacial score (nSPS) is 20.8. The molecule has 0 unspecified atom stereocenters. The molecule has 1 aromatic rings. The molecule has 1 aromatic carbocycles. The second-order valence-corrected chi connectivity index (χ2v) is 8.42. The Bertz CT molecular complexity index is 828. The molecule has 0 spiro atoms. The molecule has 2 heterocycles. The van der Waals surface area contributed by atoms with Crippen molar-refractivity contribution in [3.63, 3.8) is 0 Å². The van der Waals surface area contributed by atoms with Crippen molar-refractivity contribution >= 4 is 21.6 Å². The molecule has 4 rings (SSSR count). The van der Waals surface area contributed by atoms with E-state index in [0.29, 0.717) is 37.7 Å². The van der Waals surface area contributed by atoms with Crippen molar-refractivity contribution in [1.29, 1.82) is 0 Å². The molecule has 2 aliphatic heterocycles. The molecule has 3 aliphatic rings. The van der Waals surface area contributed by atoms with Crippen LogP contribution in [0.3, 0.4) is 0 Å². The minimum Gasteiger partial charge on any atom is -0.490 e. The zero-order chi connectivity index (χ0) is 16.9. The van der Waals surface area contributed by atoms with Crippen molar-refractivity contribution < 1.29 is 17.9 Å². The predicted molar refractivity (Wildman–Crippen MR) is 89.6 cm³/mol. The van der Waals surface area contributed by atoms with Crippen LogP contribution in [0.5, 0.6) is 5.75 Å². The van der Waals surface area contributed by atoms with Crippen molar-refractivity contribution in [2.75, 3.05) is 31.1 Å². The van der Waals surface area contributed by atoms with Gasteiger partial charge in [0.25, 0.3) is 0 Å². The minimum absolute atomic E-state index is 0.115.